The van der Waals surface area contributed by atoms with Crippen LogP contribution in [-0.2, 0) is 10.8 Å². The van der Waals surface area contributed by atoms with Crippen LogP contribution in [-0.4, -0.2) is 7.38 Å². The number of aryl methyl sites for hydroxylation is 2. The molecule has 0 radical (unpaired) electrons. The summed E-state index contributed by atoms with van der Waals surface area (Å²) in [5.41, 5.74) is 4.93. The zero-order valence-corrected chi connectivity index (χ0v) is 21.8. The highest BCUT2D eigenvalue weighted by Crippen LogP contribution is 2.29. The van der Waals surface area contributed by atoms with Crippen LogP contribution in [0.1, 0.15) is 63.8 Å². The SMILES string of the molecule is Cc1cc(C)cc([Si](Cl)(c2ccc(F)cc2)c2cc(C(C)(C)C)cc(C(C)(C)C)c2)c1. The minimum absolute atomic E-state index is 0.00642. The third kappa shape index (κ3) is 4.96. The molecule has 0 aliphatic carbocycles. The van der Waals surface area contributed by atoms with E-state index in [1.165, 1.54) is 34.4 Å². The molecule has 3 heteroatoms. The first-order valence-corrected chi connectivity index (χ1v) is 13.9. The van der Waals surface area contributed by atoms with Crippen LogP contribution in [0, 0.1) is 19.7 Å². The summed E-state index contributed by atoms with van der Waals surface area (Å²) in [6, 6.07) is 20.3. The second-order valence-electron chi connectivity index (χ2n) is 10.8. The molecule has 0 aromatic heterocycles. The average molecular weight is 453 g/mol. The van der Waals surface area contributed by atoms with Gasteiger partial charge in [0.05, 0.1) is 0 Å². The molecule has 0 spiro atoms. The Morgan fingerprint density at radius 2 is 1.03 bits per heavy atom. The Balaban J connectivity index is 2.41. The number of halogens is 2. The molecule has 0 amide bonds. The maximum absolute atomic E-state index is 13.8. The Morgan fingerprint density at radius 3 is 1.45 bits per heavy atom. The molecule has 0 saturated heterocycles. The van der Waals surface area contributed by atoms with E-state index < -0.39 is 7.38 Å². The van der Waals surface area contributed by atoms with Gasteiger partial charge < -0.3 is 0 Å². The lowest BCUT2D eigenvalue weighted by molar-refractivity contribution is 0.569. The summed E-state index contributed by atoms with van der Waals surface area (Å²) in [5, 5.41) is 3.30. The highest BCUT2D eigenvalue weighted by molar-refractivity contribution is 7.40. The van der Waals surface area contributed by atoms with Crippen molar-refractivity contribution in [3.63, 3.8) is 0 Å². The van der Waals surface area contributed by atoms with E-state index in [1.54, 1.807) is 0 Å². The lowest BCUT2D eigenvalue weighted by Gasteiger charge is -2.32. The van der Waals surface area contributed by atoms with Gasteiger partial charge in [0.1, 0.15) is 5.82 Å². The average Bonchev–Trinajstić information content (AvgIpc) is 2.65. The number of rotatable bonds is 3. The van der Waals surface area contributed by atoms with E-state index in [-0.39, 0.29) is 16.6 Å². The van der Waals surface area contributed by atoms with Crippen LogP contribution in [0.5, 0.6) is 0 Å². The largest absolute Gasteiger partial charge is 0.247 e. The van der Waals surface area contributed by atoms with Gasteiger partial charge in [-0.1, -0.05) is 101 Å². The van der Waals surface area contributed by atoms with Crippen LogP contribution in [0.25, 0.3) is 0 Å². The van der Waals surface area contributed by atoms with Gasteiger partial charge in [-0.3, -0.25) is 0 Å². The highest BCUT2D eigenvalue weighted by Gasteiger charge is 2.40. The van der Waals surface area contributed by atoms with Gasteiger partial charge in [0.2, 0.25) is 7.38 Å². The molecule has 0 aliphatic rings. The van der Waals surface area contributed by atoms with Crippen LogP contribution < -0.4 is 15.6 Å². The summed E-state index contributed by atoms with van der Waals surface area (Å²) in [6.45, 7) is 17.7. The molecule has 0 N–H and O–H groups in total. The van der Waals surface area contributed by atoms with Crippen molar-refractivity contribution < 1.29 is 4.39 Å². The van der Waals surface area contributed by atoms with Crippen molar-refractivity contribution in [3.05, 3.63) is 88.7 Å². The molecule has 164 valence electrons. The normalized spacial score (nSPS) is 14.4. The van der Waals surface area contributed by atoms with Crippen molar-refractivity contribution in [1.29, 1.82) is 0 Å². The van der Waals surface area contributed by atoms with Crippen LogP contribution in [0.15, 0.2) is 60.7 Å². The minimum Gasteiger partial charge on any atom is -0.207 e. The second kappa shape index (κ2) is 8.22. The van der Waals surface area contributed by atoms with Crippen LogP contribution in [0.4, 0.5) is 4.39 Å². The maximum Gasteiger partial charge on any atom is 0.247 e. The Bertz CT molecular complexity index is 1030. The first-order valence-electron chi connectivity index (χ1n) is 10.9. The molecule has 31 heavy (non-hydrogen) atoms. The molecule has 0 bridgehead atoms. The fourth-order valence-electron chi connectivity index (χ4n) is 4.05. The van der Waals surface area contributed by atoms with Crippen LogP contribution >= 0.6 is 11.1 Å². The molecule has 0 heterocycles. The summed E-state index contributed by atoms with van der Waals surface area (Å²) in [6.07, 6.45) is 0. The molecular weight excluding hydrogens is 419 g/mol. The molecular formula is C28H34ClFSi. The van der Waals surface area contributed by atoms with E-state index >= 15 is 0 Å². The van der Waals surface area contributed by atoms with Crippen LogP contribution in [0.2, 0.25) is 0 Å². The van der Waals surface area contributed by atoms with Crippen molar-refractivity contribution >= 4 is 34.0 Å². The molecule has 1 unspecified atom stereocenters. The number of benzene rings is 3. The Kier molecular flexibility index (Phi) is 6.30. The summed E-state index contributed by atoms with van der Waals surface area (Å²) in [7, 11) is -2.88. The fraction of sp³-hybridized carbons (Fsp3) is 0.357. The first kappa shape index (κ1) is 23.8. The van der Waals surface area contributed by atoms with Gasteiger partial charge in [-0.2, -0.15) is 0 Å². The summed E-state index contributed by atoms with van der Waals surface area (Å²) in [4.78, 5) is 0. The maximum atomic E-state index is 13.8. The topological polar surface area (TPSA) is 0 Å². The van der Waals surface area contributed by atoms with Crippen molar-refractivity contribution in [2.45, 2.75) is 66.2 Å². The predicted octanol–water partition coefficient (Wildman–Crippen LogP) is 6.24. The Labute approximate surface area is 193 Å². The first-order chi connectivity index (χ1) is 14.2. The van der Waals surface area contributed by atoms with Crippen molar-refractivity contribution in [2.75, 3.05) is 0 Å². The molecule has 0 saturated carbocycles. The Hall–Kier alpha value is -1.90. The van der Waals surface area contributed by atoms with E-state index in [2.05, 4.69) is 91.8 Å². The van der Waals surface area contributed by atoms with Crippen LogP contribution in [0.3, 0.4) is 0 Å². The van der Waals surface area contributed by atoms with Gasteiger partial charge in [-0.25, -0.2) is 4.39 Å². The van der Waals surface area contributed by atoms with Gasteiger partial charge in [-0.05, 0) is 63.5 Å². The number of hydrogen-bond acceptors (Lipinski definition) is 0. The number of hydrogen-bond donors (Lipinski definition) is 0. The lowest BCUT2D eigenvalue weighted by atomic mass is 9.81. The quantitative estimate of drug-likeness (QED) is 0.250. The summed E-state index contributed by atoms with van der Waals surface area (Å²) >= 11 is 7.77. The van der Waals surface area contributed by atoms with E-state index in [9.17, 15) is 4.39 Å². The summed E-state index contributed by atoms with van der Waals surface area (Å²) in [5.74, 6) is -0.240. The van der Waals surface area contributed by atoms with E-state index in [4.69, 9.17) is 11.1 Å². The lowest BCUT2D eigenvalue weighted by Crippen LogP contribution is -2.63. The molecule has 0 nitrogen and oxygen atoms in total. The zero-order valence-electron chi connectivity index (χ0n) is 20.0. The third-order valence-corrected chi connectivity index (χ3v) is 11.2. The molecule has 1 atom stereocenters. The standard InChI is InChI=1S/C28H34ClFSi/c1-19-13-20(2)15-25(14-19)31(29,24-11-9-23(30)10-12-24)26-17-21(27(3,4)5)16-22(18-26)28(6,7)8/h9-18H,1-8H3. The fourth-order valence-corrected chi connectivity index (χ4v) is 8.27. The van der Waals surface area contributed by atoms with Crippen molar-refractivity contribution in [3.8, 4) is 0 Å². The summed E-state index contributed by atoms with van der Waals surface area (Å²) < 4.78 is 13.8. The van der Waals surface area contributed by atoms with Crippen molar-refractivity contribution in [2.24, 2.45) is 0 Å². The van der Waals surface area contributed by atoms with Gasteiger partial charge in [-0.15, -0.1) is 11.1 Å². The molecule has 3 aromatic rings. The second-order valence-corrected chi connectivity index (χ2v) is 15.6. The van der Waals surface area contributed by atoms with Gasteiger partial charge in [0.15, 0.2) is 0 Å². The Morgan fingerprint density at radius 1 is 0.613 bits per heavy atom. The molecule has 0 aliphatic heterocycles. The smallest absolute Gasteiger partial charge is 0.207 e. The van der Waals surface area contributed by atoms with Crippen molar-refractivity contribution in [1.82, 2.24) is 0 Å². The van der Waals surface area contributed by atoms with Gasteiger partial charge >= 0.3 is 0 Å². The highest BCUT2D eigenvalue weighted by atomic mass is 35.6. The van der Waals surface area contributed by atoms with Gasteiger partial charge in [0, 0.05) is 0 Å². The monoisotopic (exact) mass is 452 g/mol. The molecule has 0 fully saturated rings. The van der Waals surface area contributed by atoms with E-state index in [1.807, 2.05) is 12.1 Å². The molecule has 3 rings (SSSR count). The molecule has 3 aromatic carbocycles. The van der Waals surface area contributed by atoms with E-state index in [0.29, 0.717) is 0 Å². The minimum atomic E-state index is -2.88. The van der Waals surface area contributed by atoms with E-state index in [0.717, 1.165) is 15.6 Å². The predicted molar refractivity (Wildman–Crippen MR) is 137 cm³/mol. The zero-order chi connectivity index (χ0) is 23.2. The third-order valence-electron chi connectivity index (χ3n) is 5.92. The van der Waals surface area contributed by atoms with Gasteiger partial charge in [0.25, 0.3) is 0 Å².